The Hall–Kier alpha value is -0.500. The molecule has 1 unspecified atom stereocenters. The van der Waals surface area contributed by atoms with E-state index in [0.29, 0.717) is 4.83 Å². The average Bonchev–Trinajstić information content (AvgIpc) is 2.81. The molecule has 1 aromatic carbocycles. The molecule has 1 aliphatic carbocycles. The second-order valence-electron chi connectivity index (χ2n) is 7.48. The topological polar surface area (TPSA) is 9.23 Å². The van der Waals surface area contributed by atoms with E-state index in [1.54, 1.807) is 0 Å². The first-order chi connectivity index (χ1) is 10.1. The first-order valence-electron chi connectivity index (χ1n) is 8.47. The number of hydrogen-bond acceptors (Lipinski definition) is 1. The van der Waals surface area contributed by atoms with E-state index in [1.807, 2.05) is 0 Å². The number of alkyl halides is 1. The average molecular weight is 351 g/mol. The van der Waals surface area contributed by atoms with Crippen LogP contribution in [0.4, 0.5) is 0 Å². The number of benzene rings is 1. The molecule has 1 heterocycles. The Kier molecular flexibility index (Phi) is 4.63. The lowest BCUT2D eigenvalue weighted by molar-refractivity contribution is 0.291. The molecule has 1 nitrogen and oxygen atoms in total. The standard InChI is InChI=1S/C19H27BrO/c1-19(2)13-21-18-11-9-15(12-16(18)19)17(20)10-8-14-6-4-3-5-7-14/h9,11-12,14,17H,3-8,10,13H2,1-2H3. The van der Waals surface area contributed by atoms with Gasteiger partial charge in [0.1, 0.15) is 5.75 Å². The predicted octanol–water partition coefficient (Wildman–Crippen LogP) is 6.15. The van der Waals surface area contributed by atoms with Gasteiger partial charge in [-0.05, 0) is 30.4 Å². The third-order valence-corrected chi connectivity index (χ3v) is 6.22. The molecule has 0 saturated heterocycles. The highest BCUT2D eigenvalue weighted by molar-refractivity contribution is 9.09. The quantitative estimate of drug-likeness (QED) is 0.591. The second-order valence-corrected chi connectivity index (χ2v) is 8.58. The molecule has 1 fully saturated rings. The molecule has 0 aromatic heterocycles. The van der Waals surface area contributed by atoms with Gasteiger partial charge in [-0.2, -0.15) is 0 Å². The van der Waals surface area contributed by atoms with Crippen molar-refractivity contribution >= 4 is 15.9 Å². The molecule has 1 aromatic rings. The maximum absolute atomic E-state index is 5.79. The van der Waals surface area contributed by atoms with E-state index in [9.17, 15) is 0 Å². The number of fused-ring (bicyclic) bond motifs is 1. The van der Waals surface area contributed by atoms with Crippen LogP contribution in [0, 0.1) is 5.92 Å². The van der Waals surface area contributed by atoms with Crippen LogP contribution in [-0.2, 0) is 5.41 Å². The zero-order chi connectivity index (χ0) is 14.9. The van der Waals surface area contributed by atoms with Gasteiger partial charge in [0, 0.05) is 15.8 Å². The summed E-state index contributed by atoms with van der Waals surface area (Å²) in [6.45, 7) is 5.35. The third kappa shape index (κ3) is 3.47. The van der Waals surface area contributed by atoms with Crippen LogP contribution in [-0.4, -0.2) is 6.61 Å². The van der Waals surface area contributed by atoms with Gasteiger partial charge in [0.15, 0.2) is 0 Å². The van der Waals surface area contributed by atoms with Crippen LogP contribution in [0.3, 0.4) is 0 Å². The van der Waals surface area contributed by atoms with Crippen LogP contribution in [0.2, 0.25) is 0 Å². The maximum Gasteiger partial charge on any atom is 0.123 e. The molecular weight excluding hydrogens is 324 g/mol. The van der Waals surface area contributed by atoms with Gasteiger partial charge in [0.2, 0.25) is 0 Å². The van der Waals surface area contributed by atoms with Crippen molar-refractivity contribution in [1.82, 2.24) is 0 Å². The molecule has 116 valence electrons. The number of hydrogen-bond donors (Lipinski definition) is 0. The van der Waals surface area contributed by atoms with Crippen LogP contribution in [0.1, 0.15) is 74.7 Å². The molecule has 0 N–H and O–H groups in total. The minimum atomic E-state index is 0.154. The van der Waals surface area contributed by atoms with Crippen molar-refractivity contribution in [3.8, 4) is 5.75 Å². The second kappa shape index (κ2) is 6.32. The van der Waals surface area contributed by atoms with Crippen LogP contribution >= 0.6 is 15.9 Å². The molecule has 1 atom stereocenters. The van der Waals surface area contributed by atoms with Crippen molar-refractivity contribution in [2.45, 2.75) is 69.0 Å². The van der Waals surface area contributed by atoms with Crippen molar-refractivity contribution in [1.29, 1.82) is 0 Å². The van der Waals surface area contributed by atoms with Gasteiger partial charge in [-0.25, -0.2) is 0 Å². The van der Waals surface area contributed by atoms with Crippen LogP contribution < -0.4 is 4.74 Å². The lowest BCUT2D eigenvalue weighted by Crippen LogP contribution is -2.18. The maximum atomic E-state index is 5.79. The summed E-state index contributed by atoms with van der Waals surface area (Å²) in [6, 6.07) is 6.76. The van der Waals surface area contributed by atoms with E-state index >= 15 is 0 Å². The summed E-state index contributed by atoms with van der Waals surface area (Å²) in [7, 11) is 0. The summed E-state index contributed by atoms with van der Waals surface area (Å²) in [5.74, 6) is 2.05. The van der Waals surface area contributed by atoms with Gasteiger partial charge in [-0.15, -0.1) is 0 Å². The summed E-state index contributed by atoms with van der Waals surface area (Å²) < 4.78 is 5.79. The Labute approximate surface area is 137 Å². The van der Waals surface area contributed by atoms with Crippen molar-refractivity contribution in [2.75, 3.05) is 6.61 Å². The Morgan fingerprint density at radius 2 is 2.00 bits per heavy atom. The zero-order valence-corrected chi connectivity index (χ0v) is 14.9. The predicted molar refractivity (Wildman–Crippen MR) is 92.4 cm³/mol. The summed E-state index contributed by atoms with van der Waals surface area (Å²) in [5, 5.41) is 0. The van der Waals surface area contributed by atoms with E-state index < -0.39 is 0 Å². The fourth-order valence-corrected chi connectivity index (χ4v) is 4.31. The van der Waals surface area contributed by atoms with Crippen molar-refractivity contribution in [2.24, 2.45) is 5.92 Å². The van der Waals surface area contributed by atoms with Gasteiger partial charge in [-0.1, -0.05) is 74.0 Å². The summed E-state index contributed by atoms with van der Waals surface area (Å²) in [6.07, 6.45) is 9.87. The smallest absolute Gasteiger partial charge is 0.123 e. The molecule has 1 saturated carbocycles. The molecule has 0 amide bonds. The Balaban J connectivity index is 1.63. The number of halogens is 1. The van der Waals surface area contributed by atoms with Crippen molar-refractivity contribution in [3.05, 3.63) is 29.3 Å². The first-order valence-corrected chi connectivity index (χ1v) is 9.39. The highest BCUT2D eigenvalue weighted by Gasteiger charge is 2.32. The Morgan fingerprint density at radius 3 is 2.76 bits per heavy atom. The lowest BCUT2D eigenvalue weighted by Gasteiger charge is -2.23. The molecule has 0 spiro atoms. The zero-order valence-electron chi connectivity index (χ0n) is 13.3. The van der Waals surface area contributed by atoms with E-state index in [4.69, 9.17) is 4.74 Å². The van der Waals surface area contributed by atoms with Gasteiger partial charge in [0.25, 0.3) is 0 Å². The molecule has 3 rings (SSSR count). The van der Waals surface area contributed by atoms with Gasteiger partial charge in [-0.3, -0.25) is 0 Å². The van der Waals surface area contributed by atoms with Crippen molar-refractivity contribution in [3.63, 3.8) is 0 Å². The summed E-state index contributed by atoms with van der Waals surface area (Å²) in [4.78, 5) is 0.487. The summed E-state index contributed by atoms with van der Waals surface area (Å²) >= 11 is 3.92. The molecule has 2 heteroatoms. The number of rotatable bonds is 4. The van der Waals surface area contributed by atoms with Crippen LogP contribution in [0.25, 0.3) is 0 Å². The minimum Gasteiger partial charge on any atom is -0.492 e. The van der Waals surface area contributed by atoms with E-state index in [-0.39, 0.29) is 5.41 Å². The van der Waals surface area contributed by atoms with Gasteiger partial charge >= 0.3 is 0 Å². The Bertz CT molecular complexity index is 488. The lowest BCUT2D eigenvalue weighted by atomic mass is 9.84. The van der Waals surface area contributed by atoms with E-state index in [2.05, 4.69) is 48.0 Å². The fourth-order valence-electron chi connectivity index (χ4n) is 3.76. The molecule has 1 aliphatic heterocycles. The molecule has 0 bridgehead atoms. The molecular formula is C19H27BrO. The van der Waals surface area contributed by atoms with Gasteiger partial charge < -0.3 is 4.74 Å². The SMILES string of the molecule is CC1(C)COc2ccc(C(Br)CCC3CCCCC3)cc21. The van der Waals surface area contributed by atoms with Crippen molar-refractivity contribution < 1.29 is 4.74 Å². The largest absolute Gasteiger partial charge is 0.492 e. The monoisotopic (exact) mass is 350 g/mol. The van der Waals surface area contributed by atoms with Crippen LogP contribution in [0.15, 0.2) is 18.2 Å². The van der Waals surface area contributed by atoms with E-state index in [0.717, 1.165) is 18.3 Å². The number of ether oxygens (including phenoxy) is 1. The molecule has 21 heavy (non-hydrogen) atoms. The summed E-state index contributed by atoms with van der Waals surface area (Å²) in [5.41, 5.74) is 2.95. The normalized spacial score (nSPS) is 22.6. The minimum absolute atomic E-state index is 0.154. The van der Waals surface area contributed by atoms with Crippen LogP contribution in [0.5, 0.6) is 5.75 Å². The molecule has 2 aliphatic rings. The van der Waals surface area contributed by atoms with E-state index in [1.165, 1.54) is 56.1 Å². The first kappa shape index (κ1) is 15.4. The highest BCUT2D eigenvalue weighted by Crippen LogP contribution is 2.42. The molecule has 0 radical (unpaired) electrons. The highest BCUT2D eigenvalue weighted by atomic mass is 79.9. The third-order valence-electron chi connectivity index (χ3n) is 5.24. The van der Waals surface area contributed by atoms with Gasteiger partial charge in [0.05, 0.1) is 6.61 Å². The Morgan fingerprint density at radius 1 is 1.24 bits per heavy atom. The fraction of sp³-hybridized carbons (Fsp3) is 0.684.